The summed E-state index contributed by atoms with van der Waals surface area (Å²) < 4.78 is 5.36. The highest BCUT2D eigenvalue weighted by Gasteiger charge is 2.39. The minimum Gasteiger partial charge on any atom is -0.452 e. The SMILES string of the molecule is CC(=O)OC1CC(=O)N(Br)C1=O. The van der Waals surface area contributed by atoms with Gasteiger partial charge in [-0.05, 0) is 0 Å². The van der Waals surface area contributed by atoms with E-state index in [1.807, 2.05) is 0 Å². The maximum Gasteiger partial charge on any atom is 0.303 e. The van der Waals surface area contributed by atoms with Gasteiger partial charge in [-0.25, -0.2) is 3.93 Å². The highest BCUT2D eigenvalue weighted by molar-refractivity contribution is 9.08. The van der Waals surface area contributed by atoms with Gasteiger partial charge in [0.15, 0.2) is 6.10 Å². The Kier molecular flexibility index (Phi) is 2.46. The van der Waals surface area contributed by atoms with Crippen molar-refractivity contribution in [3.63, 3.8) is 0 Å². The first-order valence-corrected chi connectivity index (χ1v) is 3.93. The highest BCUT2D eigenvalue weighted by atomic mass is 79.9. The third-order valence-corrected chi connectivity index (χ3v) is 2.10. The highest BCUT2D eigenvalue weighted by Crippen LogP contribution is 2.19. The fourth-order valence-corrected chi connectivity index (χ4v) is 1.24. The topological polar surface area (TPSA) is 63.7 Å². The van der Waals surface area contributed by atoms with Gasteiger partial charge in [-0.2, -0.15) is 0 Å². The maximum atomic E-state index is 11.0. The number of nitrogens with zero attached hydrogens (tertiary/aromatic N) is 1. The van der Waals surface area contributed by atoms with Crippen molar-refractivity contribution in [2.24, 2.45) is 0 Å². The lowest BCUT2D eigenvalue weighted by molar-refractivity contribution is -0.152. The molecule has 0 aromatic carbocycles. The van der Waals surface area contributed by atoms with Crippen molar-refractivity contribution < 1.29 is 19.1 Å². The summed E-state index contributed by atoms with van der Waals surface area (Å²) in [5.74, 6) is -1.49. The van der Waals surface area contributed by atoms with Gasteiger partial charge in [-0.1, -0.05) is 0 Å². The quantitative estimate of drug-likeness (QED) is 0.365. The molecule has 0 bridgehead atoms. The molecule has 5 nitrogen and oxygen atoms in total. The number of carbonyl (C=O) groups excluding carboxylic acids is 3. The summed E-state index contributed by atoms with van der Waals surface area (Å²) in [4.78, 5) is 32.3. The lowest BCUT2D eigenvalue weighted by Crippen LogP contribution is -2.26. The first-order valence-electron chi connectivity index (χ1n) is 3.22. The second-order valence-corrected chi connectivity index (χ2v) is 3.02. The summed E-state index contributed by atoms with van der Waals surface area (Å²) in [6, 6.07) is 0. The lowest BCUT2D eigenvalue weighted by Gasteiger charge is -2.06. The molecule has 0 N–H and O–H groups in total. The van der Waals surface area contributed by atoms with Crippen LogP contribution >= 0.6 is 16.1 Å². The van der Waals surface area contributed by atoms with E-state index in [9.17, 15) is 14.4 Å². The molecule has 66 valence electrons. The van der Waals surface area contributed by atoms with E-state index in [-0.39, 0.29) is 6.42 Å². The molecule has 1 atom stereocenters. The van der Waals surface area contributed by atoms with Gasteiger partial charge in [0, 0.05) is 6.92 Å². The Bertz CT molecular complexity index is 250. The number of amides is 2. The van der Waals surface area contributed by atoms with Crippen LogP contribution in [0.15, 0.2) is 0 Å². The first kappa shape index (κ1) is 9.18. The van der Waals surface area contributed by atoms with Crippen molar-refractivity contribution in [1.29, 1.82) is 0 Å². The Balaban J connectivity index is 2.65. The average molecular weight is 236 g/mol. The van der Waals surface area contributed by atoms with E-state index in [0.717, 1.165) is 3.93 Å². The zero-order valence-corrected chi connectivity index (χ0v) is 7.83. The van der Waals surface area contributed by atoms with E-state index < -0.39 is 23.9 Å². The molecular formula is C6H6BrNO4. The predicted molar refractivity (Wildman–Crippen MR) is 41.0 cm³/mol. The van der Waals surface area contributed by atoms with Crippen LogP contribution in [-0.4, -0.2) is 27.8 Å². The molecule has 1 unspecified atom stereocenters. The molecule has 1 rings (SSSR count). The zero-order valence-electron chi connectivity index (χ0n) is 6.24. The summed E-state index contributed by atoms with van der Waals surface area (Å²) in [7, 11) is 0. The largest absolute Gasteiger partial charge is 0.452 e. The van der Waals surface area contributed by atoms with E-state index in [2.05, 4.69) is 20.9 Å². The Morgan fingerprint density at radius 2 is 2.25 bits per heavy atom. The van der Waals surface area contributed by atoms with Gasteiger partial charge in [0.1, 0.15) is 0 Å². The van der Waals surface area contributed by atoms with Gasteiger partial charge in [0.05, 0.1) is 22.6 Å². The first-order chi connectivity index (χ1) is 5.52. The van der Waals surface area contributed by atoms with Crippen molar-refractivity contribution in [1.82, 2.24) is 3.93 Å². The van der Waals surface area contributed by atoms with Crippen LogP contribution in [0, 0.1) is 0 Å². The molecule has 0 radical (unpaired) electrons. The summed E-state index contributed by atoms with van der Waals surface area (Å²) >= 11 is 2.74. The normalized spacial score (nSPS) is 23.2. The lowest BCUT2D eigenvalue weighted by atomic mass is 10.3. The van der Waals surface area contributed by atoms with Crippen LogP contribution in [0.2, 0.25) is 0 Å². The molecule has 6 heteroatoms. The van der Waals surface area contributed by atoms with E-state index in [1.54, 1.807) is 0 Å². The van der Waals surface area contributed by atoms with Crippen LogP contribution in [0.1, 0.15) is 13.3 Å². The second kappa shape index (κ2) is 3.22. The number of imide groups is 1. The molecule has 0 saturated carbocycles. The molecule has 12 heavy (non-hydrogen) atoms. The van der Waals surface area contributed by atoms with Gasteiger partial charge < -0.3 is 4.74 Å². The predicted octanol–water partition coefficient (Wildman–Crippen LogP) is -0.0131. The van der Waals surface area contributed by atoms with E-state index in [1.165, 1.54) is 6.92 Å². The molecule has 0 aromatic rings. The van der Waals surface area contributed by atoms with E-state index >= 15 is 0 Å². The van der Waals surface area contributed by atoms with Crippen molar-refractivity contribution >= 4 is 33.9 Å². The second-order valence-electron chi connectivity index (χ2n) is 2.32. The van der Waals surface area contributed by atoms with Crippen LogP contribution in [0.3, 0.4) is 0 Å². The Morgan fingerprint density at radius 3 is 2.58 bits per heavy atom. The Hall–Kier alpha value is -0.910. The molecule has 1 aliphatic rings. The van der Waals surface area contributed by atoms with Crippen LogP contribution in [0.5, 0.6) is 0 Å². The number of hydrogen-bond donors (Lipinski definition) is 0. The van der Waals surface area contributed by atoms with Crippen LogP contribution in [0.4, 0.5) is 0 Å². The van der Waals surface area contributed by atoms with Crippen molar-refractivity contribution in [3.8, 4) is 0 Å². The maximum absolute atomic E-state index is 11.0. The molecule has 0 aromatic heterocycles. The molecule has 2 amide bonds. The van der Waals surface area contributed by atoms with Crippen molar-refractivity contribution in [2.45, 2.75) is 19.4 Å². The zero-order chi connectivity index (χ0) is 9.30. The summed E-state index contributed by atoms with van der Waals surface area (Å²) in [5.41, 5.74) is 0. The van der Waals surface area contributed by atoms with Crippen molar-refractivity contribution in [2.75, 3.05) is 0 Å². The minimum atomic E-state index is -0.950. The van der Waals surface area contributed by atoms with Crippen LogP contribution in [-0.2, 0) is 19.1 Å². The van der Waals surface area contributed by atoms with Crippen LogP contribution < -0.4 is 0 Å². The Labute approximate surface area is 77.0 Å². The monoisotopic (exact) mass is 235 g/mol. The smallest absolute Gasteiger partial charge is 0.303 e. The molecule has 0 aliphatic carbocycles. The van der Waals surface area contributed by atoms with Crippen molar-refractivity contribution in [3.05, 3.63) is 0 Å². The molecular weight excluding hydrogens is 230 g/mol. The molecule has 0 spiro atoms. The number of hydrogen-bond acceptors (Lipinski definition) is 4. The van der Waals surface area contributed by atoms with Gasteiger partial charge in [0.25, 0.3) is 5.91 Å². The summed E-state index contributed by atoms with van der Waals surface area (Å²) in [6.07, 6.45) is -1.03. The third kappa shape index (κ3) is 1.63. The molecule has 1 fully saturated rings. The number of ether oxygens (including phenoxy) is 1. The number of esters is 1. The molecule has 1 saturated heterocycles. The Morgan fingerprint density at radius 1 is 1.67 bits per heavy atom. The van der Waals surface area contributed by atoms with E-state index in [0.29, 0.717) is 0 Å². The molecule has 1 heterocycles. The van der Waals surface area contributed by atoms with Gasteiger partial charge in [-0.15, -0.1) is 0 Å². The third-order valence-electron chi connectivity index (χ3n) is 1.36. The number of carbonyl (C=O) groups is 3. The van der Waals surface area contributed by atoms with Gasteiger partial charge in [-0.3, -0.25) is 14.4 Å². The number of halogens is 1. The van der Waals surface area contributed by atoms with Gasteiger partial charge >= 0.3 is 5.97 Å². The fraction of sp³-hybridized carbons (Fsp3) is 0.500. The van der Waals surface area contributed by atoms with Crippen LogP contribution in [0.25, 0.3) is 0 Å². The summed E-state index contributed by atoms with van der Waals surface area (Å²) in [5, 5.41) is 0. The molecule has 1 aliphatic heterocycles. The van der Waals surface area contributed by atoms with Gasteiger partial charge in [0.2, 0.25) is 5.91 Å². The minimum absolute atomic E-state index is 0.0797. The number of rotatable bonds is 1. The van der Waals surface area contributed by atoms with E-state index in [4.69, 9.17) is 0 Å². The fourth-order valence-electron chi connectivity index (χ4n) is 0.868. The summed E-state index contributed by atoms with van der Waals surface area (Å²) in [6.45, 7) is 1.19. The average Bonchev–Trinajstić information content (AvgIpc) is 2.17. The standard InChI is InChI=1S/C6H6BrNO4/c1-3(9)12-4-2-5(10)8(7)6(4)11/h4H,2H2,1H3.